The Labute approximate surface area is 185 Å². The van der Waals surface area contributed by atoms with Crippen LogP contribution in [0.5, 0.6) is 0 Å². The molecule has 0 saturated carbocycles. The largest absolute Gasteiger partial charge is 0.525 e. The number of carbonyl (C=O) groups is 2. The average Bonchev–Trinajstić information content (AvgIpc) is 2.72. The number of rotatable bonds is 20. The molecule has 4 nitrogen and oxygen atoms in total. The van der Waals surface area contributed by atoms with Crippen molar-refractivity contribution in [1.82, 2.24) is 0 Å². The first kappa shape index (κ1) is 28.4. The third kappa shape index (κ3) is 15.8. The van der Waals surface area contributed by atoms with E-state index in [-0.39, 0.29) is 23.8 Å². The summed E-state index contributed by atoms with van der Waals surface area (Å²) in [5, 5.41) is 0. The smallest absolute Gasteiger partial charge is 0.295 e. The molecule has 0 radical (unpaired) electrons. The van der Waals surface area contributed by atoms with Gasteiger partial charge in [0.15, 0.2) is 0 Å². The predicted molar refractivity (Wildman–Crippen MR) is 129 cm³/mol. The Kier molecular flexibility index (Phi) is 20.2. The van der Waals surface area contributed by atoms with Crippen LogP contribution in [0.15, 0.2) is 0 Å². The van der Waals surface area contributed by atoms with Crippen LogP contribution in [0.3, 0.4) is 0 Å². The summed E-state index contributed by atoms with van der Waals surface area (Å²) in [6, 6.07) is 2.03. The molecule has 0 aromatic carbocycles. The zero-order chi connectivity index (χ0) is 21.7. The van der Waals surface area contributed by atoms with Crippen molar-refractivity contribution in [2.45, 2.75) is 123 Å². The summed E-state index contributed by atoms with van der Waals surface area (Å²) < 4.78 is 11.3. The molecule has 0 rings (SSSR count). The van der Waals surface area contributed by atoms with Gasteiger partial charge < -0.3 is 8.85 Å². The minimum absolute atomic E-state index is 0.0527. The summed E-state index contributed by atoms with van der Waals surface area (Å²) in [6.45, 7) is 8.68. The minimum atomic E-state index is -0.779. The van der Waals surface area contributed by atoms with Crippen molar-refractivity contribution < 1.29 is 18.4 Å². The van der Waals surface area contributed by atoms with E-state index in [1.165, 1.54) is 0 Å². The van der Waals surface area contributed by atoms with Crippen molar-refractivity contribution in [3.05, 3.63) is 0 Å². The highest BCUT2D eigenvalue weighted by atomic mass is 28.2. The number of carbonyl (C=O) groups excluding carboxylic acids is 2. The number of hydrogen-bond donors (Lipinski definition) is 0. The maximum absolute atomic E-state index is 12.3. The van der Waals surface area contributed by atoms with Gasteiger partial charge in [-0.25, -0.2) is 0 Å². The van der Waals surface area contributed by atoms with E-state index >= 15 is 0 Å². The van der Waals surface area contributed by atoms with Gasteiger partial charge in [0.1, 0.15) is 0 Å². The van der Waals surface area contributed by atoms with Gasteiger partial charge in [0, 0.05) is 0 Å². The first-order valence-electron chi connectivity index (χ1n) is 12.4. The van der Waals surface area contributed by atoms with E-state index in [9.17, 15) is 9.59 Å². The number of unbranched alkanes of at least 4 members (excludes halogenated alkanes) is 4. The van der Waals surface area contributed by atoms with Crippen LogP contribution in [0.2, 0.25) is 12.1 Å². The number of hydrogen-bond acceptors (Lipinski definition) is 4. The molecule has 0 heterocycles. The maximum atomic E-state index is 12.3. The summed E-state index contributed by atoms with van der Waals surface area (Å²) in [4.78, 5) is 24.7. The van der Waals surface area contributed by atoms with Crippen molar-refractivity contribution in [2.75, 3.05) is 0 Å². The van der Waals surface area contributed by atoms with E-state index < -0.39 is 19.5 Å². The molecule has 0 N–H and O–H groups in total. The summed E-state index contributed by atoms with van der Waals surface area (Å²) in [6.07, 6.45) is 13.9. The van der Waals surface area contributed by atoms with Crippen molar-refractivity contribution in [3.8, 4) is 0 Å². The lowest BCUT2D eigenvalue weighted by atomic mass is 9.96. The highest BCUT2D eigenvalue weighted by molar-refractivity contribution is 6.32. The normalized spacial score (nSPS) is 12.1. The Morgan fingerprint density at radius 2 is 0.897 bits per heavy atom. The molecule has 0 amide bonds. The molecule has 0 spiro atoms. The second-order valence-electron chi connectivity index (χ2n) is 8.36. The van der Waals surface area contributed by atoms with E-state index in [1.807, 2.05) is 0 Å². The van der Waals surface area contributed by atoms with Gasteiger partial charge in [-0.05, 0) is 37.8 Å². The molecule has 0 aromatic rings. The summed E-state index contributed by atoms with van der Waals surface area (Å²) in [5.74, 6) is 0.329. The third-order valence-corrected chi connectivity index (χ3v) is 8.12. The van der Waals surface area contributed by atoms with Crippen LogP contribution in [0.1, 0.15) is 111 Å². The fourth-order valence-electron chi connectivity index (χ4n) is 3.52. The molecule has 0 bridgehead atoms. The monoisotopic (exact) mass is 444 g/mol. The lowest BCUT2D eigenvalue weighted by molar-refractivity contribution is -0.140. The fourth-order valence-corrected chi connectivity index (χ4v) is 6.51. The molecule has 0 atom stereocenters. The van der Waals surface area contributed by atoms with Gasteiger partial charge in [-0.2, -0.15) is 0 Å². The van der Waals surface area contributed by atoms with E-state index in [4.69, 9.17) is 8.85 Å². The molecular weight excluding hydrogens is 396 g/mol. The molecule has 0 aromatic heterocycles. The zero-order valence-electron chi connectivity index (χ0n) is 19.8. The van der Waals surface area contributed by atoms with Crippen LogP contribution in [-0.2, 0) is 18.4 Å². The molecule has 0 aliphatic carbocycles. The van der Waals surface area contributed by atoms with Crippen LogP contribution in [-0.4, -0.2) is 31.5 Å². The Hall–Kier alpha value is -0.626. The fraction of sp³-hybridized carbons (Fsp3) is 0.913. The lowest BCUT2D eigenvalue weighted by Gasteiger charge is -2.16. The van der Waals surface area contributed by atoms with Crippen molar-refractivity contribution in [1.29, 1.82) is 0 Å². The second-order valence-corrected chi connectivity index (χ2v) is 11.2. The topological polar surface area (TPSA) is 52.6 Å². The molecule has 0 fully saturated rings. The third-order valence-electron chi connectivity index (χ3n) is 5.57. The molecule has 6 heteroatoms. The lowest BCUT2D eigenvalue weighted by Crippen LogP contribution is -2.20. The van der Waals surface area contributed by atoms with E-state index in [1.54, 1.807) is 0 Å². The standard InChI is InChI=1S/C23H48O4Si2/c1-5-9-14-20(15-10-6-2)22(24)26-28-18-13-19-29-27-23(25)21(16-11-7-3)17-12-8-4/h20-21H,5-19,28-29H2,1-4H3. The first-order chi connectivity index (χ1) is 14.1. The van der Waals surface area contributed by atoms with Crippen molar-refractivity contribution >= 4 is 31.5 Å². The molecule has 172 valence electrons. The zero-order valence-corrected chi connectivity index (χ0v) is 22.6. The van der Waals surface area contributed by atoms with E-state index in [0.29, 0.717) is 0 Å². The van der Waals surface area contributed by atoms with Gasteiger partial charge in [-0.15, -0.1) is 0 Å². The van der Waals surface area contributed by atoms with Gasteiger partial charge in [-0.1, -0.05) is 85.5 Å². The first-order valence-corrected chi connectivity index (χ1v) is 15.6. The Bertz CT molecular complexity index is 352. The van der Waals surface area contributed by atoms with Crippen LogP contribution in [0, 0.1) is 11.8 Å². The highest BCUT2D eigenvalue weighted by Gasteiger charge is 2.19. The van der Waals surface area contributed by atoms with Crippen LogP contribution in [0.25, 0.3) is 0 Å². The van der Waals surface area contributed by atoms with E-state index in [2.05, 4.69) is 27.7 Å². The Morgan fingerprint density at radius 1 is 0.586 bits per heavy atom. The summed E-state index contributed by atoms with van der Waals surface area (Å²) >= 11 is 0. The van der Waals surface area contributed by atoms with Gasteiger partial charge in [-0.3, -0.25) is 9.59 Å². The minimum Gasteiger partial charge on any atom is -0.525 e. The average molecular weight is 445 g/mol. The predicted octanol–water partition coefficient (Wildman–Crippen LogP) is 5.46. The van der Waals surface area contributed by atoms with E-state index in [0.717, 1.165) is 95.6 Å². The second kappa shape index (κ2) is 20.6. The summed E-state index contributed by atoms with van der Waals surface area (Å²) in [5.41, 5.74) is 0. The van der Waals surface area contributed by atoms with Crippen LogP contribution < -0.4 is 0 Å². The SMILES string of the molecule is CCCCC(CCCC)C(=O)O[SiH2]CCC[SiH2]OC(=O)C(CCCC)CCCC. The molecule has 0 aliphatic heterocycles. The Balaban J connectivity index is 3.95. The molecule has 0 unspecified atom stereocenters. The van der Waals surface area contributed by atoms with Crippen molar-refractivity contribution in [3.63, 3.8) is 0 Å². The molecule has 0 aliphatic rings. The maximum Gasteiger partial charge on any atom is 0.295 e. The van der Waals surface area contributed by atoms with Gasteiger partial charge in [0.2, 0.25) is 19.5 Å². The van der Waals surface area contributed by atoms with Crippen LogP contribution >= 0.6 is 0 Å². The quantitative estimate of drug-likeness (QED) is 0.185. The van der Waals surface area contributed by atoms with Crippen LogP contribution in [0.4, 0.5) is 0 Å². The summed E-state index contributed by atoms with van der Waals surface area (Å²) in [7, 11) is -1.56. The van der Waals surface area contributed by atoms with Gasteiger partial charge in [0.25, 0.3) is 11.9 Å². The molecular formula is C23H48O4Si2. The molecule has 29 heavy (non-hydrogen) atoms. The highest BCUT2D eigenvalue weighted by Crippen LogP contribution is 2.19. The van der Waals surface area contributed by atoms with Gasteiger partial charge in [0.05, 0.1) is 11.8 Å². The molecule has 0 saturated heterocycles. The van der Waals surface area contributed by atoms with Gasteiger partial charge >= 0.3 is 0 Å². The Morgan fingerprint density at radius 3 is 1.17 bits per heavy atom. The van der Waals surface area contributed by atoms with Crippen molar-refractivity contribution in [2.24, 2.45) is 11.8 Å².